The topological polar surface area (TPSA) is 41.1 Å². The molecule has 1 amide bonds. The highest BCUT2D eigenvalue weighted by molar-refractivity contribution is 9.11. The normalized spacial score (nSPS) is 12.3. The van der Waals surface area contributed by atoms with Crippen LogP contribution in [0.2, 0.25) is 0 Å². The van der Waals surface area contributed by atoms with E-state index >= 15 is 0 Å². The number of aryl methyl sites for hydroxylation is 1. The zero-order chi connectivity index (χ0) is 13.7. The van der Waals surface area contributed by atoms with Gasteiger partial charge in [0.25, 0.3) is 0 Å². The third-order valence-corrected chi connectivity index (χ3v) is 3.75. The van der Waals surface area contributed by atoms with Crippen LogP contribution in [0.3, 0.4) is 0 Å². The maximum atomic E-state index is 11.9. The average Bonchev–Trinajstić information content (AvgIpc) is 2.23. The first-order valence-corrected chi connectivity index (χ1v) is 7.51. The SMILES string of the molecule is CCNC(C)CC(=O)Nc1c(Br)cc(C)cc1Br. The van der Waals surface area contributed by atoms with Crippen molar-refractivity contribution in [3.8, 4) is 0 Å². The summed E-state index contributed by atoms with van der Waals surface area (Å²) in [7, 11) is 0. The van der Waals surface area contributed by atoms with Gasteiger partial charge in [-0.15, -0.1) is 0 Å². The molecule has 1 atom stereocenters. The van der Waals surface area contributed by atoms with Crippen LogP contribution in [-0.4, -0.2) is 18.5 Å². The van der Waals surface area contributed by atoms with Crippen molar-refractivity contribution >= 4 is 43.5 Å². The largest absolute Gasteiger partial charge is 0.324 e. The number of rotatable bonds is 5. The summed E-state index contributed by atoms with van der Waals surface area (Å²) in [5, 5.41) is 6.14. The molecule has 0 aliphatic heterocycles. The van der Waals surface area contributed by atoms with Gasteiger partial charge in [0, 0.05) is 21.4 Å². The summed E-state index contributed by atoms with van der Waals surface area (Å²) < 4.78 is 1.78. The lowest BCUT2D eigenvalue weighted by molar-refractivity contribution is -0.116. The summed E-state index contributed by atoms with van der Waals surface area (Å²) >= 11 is 6.93. The van der Waals surface area contributed by atoms with E-state index in [4.69, 9.17) is 0 Å². The molecule has 0 aliphatic carbocycles. The van der Waals surface area contributed by atoms with Gasteiger partial charge in [0.1, 0.15) is 0 Å². The summed E-state index contributed by atoms with van der Waals surface area (Å²) in [4.78, 5) is 11.9. The van der Waals surface area contributed by atoms with Crippen molar-refractivity contribution in [2.24, 2.45) is 0 Å². The van der Waals surface area contributed by atoms with Gasteiger partial charge in [-0.05, 0) is 69.9 Å². The molecular weight excluding hydrogens is 360 g/mol. The molecule has 0 saturated heterocycles. The molecule has 0 radical (unpaired) electrons. The van der Waals surface area contributed by atoms with Gasteiger partial charge in [0.05, 0.1) is 5.69 Å². The Hall–Kier alpha value is -0.390. The molecule has 0 aromatic heterocycles. The Kier molecular flexibility index (Phi) is 6.32. The van der Waals surface area contributed by atoms with Gasteiger partial charge in [0.2, 0.25) is 5.91 Å². The third-order valence-electron chi connectivity index (χ3n) is 2.50. The summed E-state index contributed by atoms with van der Waals surface area (Å²) in [6, 6.07) is 4.14. The molecule has 0 saturated carbocycles. The second kappa shape index (κ2) is 7.26. The second-order valence-electron chi connectivity index (χ2n) is 4.31. The predicted octanol–water partition coefficient (Wildman–Crippen LogP) is 3.85. The number of hydrogen-bond acceptors (Lipinski definition) is 2. The van der Waals surface area contributed by atoms with Crippen LogP contribution < -0.4 is 10.6 Å². The smallest absolute Gasteiger partial charge is 0.225 e. The van der Waals surface area contributed by atoms with Crippen molar-refractivity contribution < 1.29 is 4.79 Å². The Morgan fingerprint density at radius 3 is 2.39 bits per heavy atom. The molecule has 2 N–H and O–H groups in total. The minimum Gasteiger partial charge on any atom is -0.324 e. The van der Waals surface area contributed by atoms with Crippen LogP contribution >= 0.6 is 31.9 Å². The minimum atomic E-state index is 0.00806. The van der Waals surface area contributed by atoms with Crippen molar-refractivity contribution in [3.63, 3.8) is 0 Å². The second-order valence-corrected chi connectivity index (χ2v) is 6.02. The Bertz CT molecular complexity index is 412. The number of hydrogen-bond donors (Lipinski definition) is 2. The third kappa shape index (κ3) is 4.71. The maximum absolute atomic E-state index is 11.9. The highest BCUT2D eigenvalue weighted by Crippen LogP contribution is 2.32. The molecule has 1 aromatic carbocycles. The van der Waals surface area contributed by atoms with Gasteiger partial charge in [-0.3, -0.25) is 4.79 Å². The highest BCUT2D eigenvalue weighted by atomic mass is 79.9. The zero-order valence-corrected chi connectivity index (χ0v) is 14.0. The lowest BCUT2D eigenvalue weighted by atomic mass is 10.2. The predicted molar refractivity (Wildman–Crippen MR) is 83.0 cm³/mol. The molecule has 0 bridgehead atoms. The molecular formula is C13H18Br2N2O. The summed E-state index contributed by atoms with van der Waals surface area (Å²) in [5.74, 6) is 0.00806. The van der Waals surface area contributed by atoms with Crippen LogP contribution in [0.1, 0.15) is 25.8 Å². The zero-order valence-electron chi connectivity index (χ0n) is 10.8. The van der Waals surface area contributed by atoms with Crippen LogP contribution in [0.25, 0.3) is 0 Å². The fraction of sp³-hybridized carbons (Fsp3) is 0.462. The fourth-order valence-corrected chi connectivity index (χ4v) is 3.32. The van der Waals surface area contributed by atoms with E-state index in [1.807, 2.05) is 32.9 Å². The van der Waals surface area contributed by atoms with Crippen molar-refractivity contribution in [1.82, 2.24) is 5.32 Å². The fourth-order valence-electron chi connectivity index (χ4n) is 1.71. The monoisotopic (exact) mass is 376 g/mol. The molecule has 100 valence electrons. The maximum Gasteiger partial charge on any atom is 0.225 e. The number of nitrogens with one attached hydrogen (secondary N) is 2. The van der Waals surface area contributed by atoms with Crippen molar-refractivity contribution in [3.05, 3.63) is 26.6 Å². The molecule has 1 unspecified atom stereocenters. The lowest BCUT2D eigenvalue weighted by Gasteiger charge is -2.14. The number of amides is 1. The van der Waals surface area contributed by atoms with Gasteiger partial charge >= 0.3 is 0 Å². The molecule has 18 heavy (non-hydrogen) atoms. The van der Waals surface area contributed by atoms with Crippen molar-refractivity contribution in [1.29, 1.82) is 0 Å². The Balaban J connectivity index is 2.70. The van der Waals surface area contributed by atoms with Gasteiger partial charge < -0.3 is 10.6 Å². The average molecular weight is 378 g/mol. The first-order valence-electron chi connectivity index (χ1n) is 5.93. The number of carbonyl (C=O) groups is 1. The van der Waals surface area contributed by atoms with Gasteiger partial charge in [-0.2, -0.15) is 0 Å². The first kappa shape index (κ1) is 15.7. The molecule has 5 heteroatoms. The summed E-state index contributed by atoms with van der Waals surface area (Å²) in [5.41, 5.74) is 1.92. The Morgan fingerprint density at radius 1 is 1.33 bits per heavy atom. The van der Waals surface area contributed by atoms with Gasteiger partial charge in [-0.1, -0.05) is 6.92 Å². The molecule has 0 heterocycles. The van der Waals surface area contributed by atoms with Crippen molar-refractivity contribution in [2.75, 3.05) is 11.9 Å². The highest BCUT2D eigenvalue weighted by Gasteiger charge is 2.12. The van der Waals surface area contributed by atoms with Gasteiger partial charge in [0.15, 0.2) is 0 Å². The van der Waals surface area contributed by atoms with Crippen LogP contribution in [0.5, 0.6) is 0 Å². The van der Waals surface area contributed by atoms with E-state index in [1.165, 1.54) is 0 Å². The first-order chi connectivity index (χ1) is 8.43. The molecule has 0 fully saturated rings. The van der Waals surface area contributed by atoms with Crippen LogP contribution in [0, 0.1) is 6.92 Å². The minimum absolute atomic E-state index is 0.00806. The Morgan fingerprint density at radius 2 is 1.89 bits per heavy atom. The number of anilines is 1. The Labute approximate surface area is 125 Å². The molecule has 0 spiro atoms. The molecule has 0 aliphatic rings. The van der Waals surface area contributed by atoms with Crippen LogP contribution in [-0.2, 0) is 4.79 Å². The van der Waals surface area contributed by atoms with E-state index in [0.717, 1.165) is 26.7 Å². The van der Waals surface area contributed by atoms with E-state index in [1.54, 1.807) is 0 Å². The standard InChI is InChI=1S/C13H18Br2N2O/c1-4-16-9(3)7-12(18)17-13-10(14)5-8(2)6-11(13)15/h5-6,9,16H,4,7H2,1-3H3,(H,17,18). The number of carbonyl (C=O) groups excluding carboxylic acids is 1. The number of halogens is 2. The molecule has 1 aromatic rings. The van der Waals surface area contributed by atoms with E-state index in [0.29, 0.717) is 6.42 Å². The summed E-state index contributed by atoms with van der Waals surface area (Å²) in [6.07, 6.45) is 0.459. The quantitative estimate of drug-likeness (QED) is 0.818. The molecule has 1 rings (SSSR count). The van der Waals surface area contributed by atoms with E-state index in [9.17, 15) is 4.79 Å². The van der Waals surface area contributed by atoms with E-state index in [-0.39, 0.29) is 11.9 Å². The molecule has 3 nitrogen and oxygen atoms in total. The van der Waals surface area contributed by atoms with Gasteiger partial charge in [-0.25, -0.2) is 0 Å². The van der Waals surface area contributed by atoms with Crippen molar-refractivity contribution in [2.45, 2.75) is 33.2 Å². The van der Waals surface area contributed by atoms with Crippen LogP contribution in [0.15, 0.2) is 21.1 Å². The van der Waals surface area contributed by atoms with Crippen LogP contribution in [0.4, 0.5) is 5.69 Å². The van der Waals surface area contributed by atoms with E-state index in [2.05, 4.69) is 42.5 Å². The summed E-state index contributed by atoms with van der Waals surface area (Å²) in [6.45, 7) is 6.91. The lowest BCUT2D eigenvalue weighted by Crippen LogP contribution is -2.30. The number of benzene rings is 1. The van der Waals surface area contributed by atoms with E-state index < -0.39 is 0 Å².